The van der Waals surface area contributed by atoms with Crippen LogP contribution in [0.4, 0.5) is 0 Å². The standard InChI is InChI=1S/C14H19BrO5S/c1-19-11-7-9(10(15)8-12(11)20-2)14(16)13-5-3-4-6-21(13,17)18/h7-8,13-14,16H,3-6H2,1-2H3. The average Bonchev–Trinajstić information content (AvgIpc) is 2.45. The Morgan fingerprint density at radius 3 is 2.43 bits per heavy atom. The number of benzene rings is 1. The quantitative estimate of drug-likeness (QED) is 0.870. The summed E-state index contributed by atoms with van der Waals surface area (Å²) < 4.78 is 35.3. The van der Waals surface area contributed by atoms with Crippen molar-refractivity contribution >= 4 is 25.8 Å². The van der Waals surface area contributed by atoms with Gasteiger partial charge in [-0.3, -0.25) is 0 Å². The highest BCUT2D eigenvalue weighted by atomic mass is 79.9. The molecule has 7 heteroatoms. The second-order valence-corrected chi connectivity index (χ2v) is 8.27. The van der Waals surface area contributed by atoms with Crippen LogP contribution in [0, 0.1) is 0 Å². The molecule has 1 aromatic carbocycles. The minimum Gasteiger partial charge on any atom is -0.493 e. The SMILES string of the molecule is COc1cc(Br)c(C(O)C2CCCCS2(=O)=O)cc1OC. The Kier molecular flexibility index (Phi) is 5.16. The molecule has 0 spiro atoms. The van der Waals surface area contributed by atoms with E-state index in [1.807, 2.05) is 0 Å². The first kappa shape index (κ1) is 16.6. The van der Waals surface area contributed by atoms with Gasteiger partial charge in [0.15, 0.2) is 21.3 Å². The van der Waals surface area contributed by atoms with Crippen molar-refractivity contribution in [1.82, 2.24) is 0 Å². The fourth-order valence-electron chi connectivity index (χ4n) is 2.63. The van der Waals surface area contributed by atoms with Gasteiger partial charge in [-0.1, -0.05) is 22.4 Å². The van der Waals surface area contributed by atoms with Gasteiger partial charge in [-0.15, -0.1) is 0 Å². The number of ether oxygens (including phenoxy) is 2. The fraction of sp³-hybridized carbons (Fsp3) is 0.571. The molecule has 0 bridgehead atoms. The molecule has 0 aromatic heterocycles. The Labute approximate surface area is 133 Å². The van der Waals surface area contributed by atoms with E-state index in [4.69, 9.17) is 9.47 Å². The van der Waals surface area contributed by atoms with E-state index in [0.29, 0.717) is 34.4 Å². The molecule has 1 N–H and O–H groups in total. The van der Waals surface area contributed by atoms with Crippen molar-refractivity contribution < 1.29 is 23.0 Å². The average molecular weight is 379 g/mol. The topological polar surface area (TPSA) is 72.8 Å². The third-order valence-corrected chi connectivity index (χ3v) is 6.76. The molecule has 1 fully saturated rings. The summed E-state index contributed by atoms with van der Waals surface area (Å²) in [5.41, 5.74) is 0.503. The van der Waals surface area contributed by atoms with Gasteiger partial charge in [-0.2, -0.15) is 0 Å². The maximum Gasteiger partial charge on any atom is 0.161 e. The number of aliphatic hydroxyl groups is 1. The maximum atomic E-state index is 12.2. The van der Waals surface area contributed by atoms with E-state index in [-0.39, 0.29) is 5.75 Å². The number of rotatable bonds is 4. The van der Waals surface area contributed by atoms with Gasteiger partial charge in [-0.05, 0) is 30.5 Å². The van der Waals surface area contributed by atoms with E-state index in [1.165, 1.54) is 14.2 Å². The molecule has 2 rings (SSSR count). The monoisotopic (exact) mass is 378 g/mol. The van der Waals surface area contributed by atoms with Crippen molar-refractivity contribution in [3.63, 3.8) is 0 Å². The lowest BCUT2D eigenvalue weighted by molar-refractivity contribution is 0.163. The third-order valence-electron chi connectivity index (χ3n) is 3.80. The van der Waals surface area contributed by atoms with Gasteiger partial charge >= 0.3 is 0 Å². The van der Waals surface area contributed by atoms with E-state index in [1.54, 1.807) is 12.1 Å². The van der Waals surface area contributed by atoms with Crippen molar-refractivity contribution in [2.45, 2.75) is 30.6 Å². The van der Waals surface area contributed by atoms with Crippen LogP contribution in [0.25, 0.3) is 0 Å². The molecular weight excluding hydrogens is 360 g/mol. The summed E-state index contributed by atoms with van der Waals surface area (Å²) in [7, 11) is -0.247. The van der Waals surface area contributed by atoms with Gasteiger partial charge in [0.2, 0.25) is 0 Å². The molecule has 1 saturated heterocycles. The number of sulfone groups is 1. The van der Waals surface area contributed by atoms with Crippen molar-refractivity contribution in [3.05, 3.63) is 22.2 Å². The largest absolute Gasteiger partial charge is 0.493 e. The molecule has 0 amide bonds. The van der Waals surface area contributed by atoms with Crippen LogP contribution in [0.15, 0.2) is 16.6 Å². The van der Waals surface area contributed by atoms with E-state index in [9.17, 15) is 13.5 Å². The summed E-state index contributed by atoms with van der Waals surface area (Å²) >= 11 is 3.37. The van der Waals surface area contributed by atoms with Crippen LogP contribution in [0.1, 0.15) is 30.9 Å². The van der Waals surface area contributed by atoms with E-state index in [0.717, 1.165) is 6.42 Å². The molecule has 0 aliphatic carbocycles. The normalized spacial score (nSPS) is 22.6. The van der Waals surface area contributed by atoms with Gasteiger partial charge in [0, 0.05) is 4.47 Å². The molecule has 0 radical (unpaired) electrons. The Bertz CT molecular complexity index is 614. The predicted molar refractivity (Wildman–Crippen MR) is 83.6 cm³/mol. The maximum absolute atomic E-state index is 12.2. The predicted octanol–water partition coefficient (Wildman–Crippen LogP) is 2.47. The van der Waals surface area contributed by atoms with Crippen molar-refractivity contribution in [3.8, 4) is 11.5 Å². The summed E-state index contributed by atoms with van der Waals surface area (Å²) in [6.45, 7) is 0. The smallest absolute Gasteiger partial charge is 0.161 e. The molecule has 118 valence electrons. The molecule has 2 atom stereocenters. The summed E-state index contributed by atoms with van der Waals surface area (Å²) in [5.74, 6) is 1.12. The number of methoxy groups -OCH3 is 2. The highest BCUT2D eigenvalue weighted by Crippen LogP contribution is 2.39. The van der Waals surface area contributed by atoms with Crippen LogP contribution in [-0.2, 0) is 9.84 Å². The molecule has 1 aliphatic heterocycles. The van der Waals surface area contributed by atoms with Crippen molar-refractivity contribution in [2.24, 2.45) is 0 Å². The summed E-state index contributed by atoms with van der Waals surface area (Å²) in [4.78, 5) is 0. The van der Waals surface area contributed by atoms with Crippen LogP contribution in [0.3, 0.4) is 0 Å². The highest BCUT2D eigenvalue weighted by Gasteiger charge is 2.36. The first-order valence-corrected chi connectivity index (χ1v) is 9.22. The third kappa shape index (κ3) is 3.35. The summed E-state index contributed by atoms with van der Waals surface area (Å²) in [6.07, 6.45) is 0.874. The second-order valence-electron chi connectivity index (χ2n) is 5.07. The summed E-state index contributed by atoms with van der Waals surface area (Å²) in [5, 5.41) is 9.78. The Morgan fingerprint density at radius 1 is 1.24 bits per heavy atom. The van der Waals surface area contributed by atoms with E-state index in [2.05, 4.69) is 15.9 Å². The van der Waals surface area contributed by atoms with Gasteiger partial charge in [0.1, 0.15) is 0 Å². The van der Waals surface area contributed by atoms with Gasteiger partial charge in [0.05, 0.1) is 31.3 Å². The number of aliphatic hydroxyl groups excluding tert-OH is 1. The number of hydrogen-bond donors (Lipinski definition) is 1. The Balaban J connectivity index is 2.41. The second kappa shape index (κ2) is 6.54. The number of halogens is 1. The molecule has 1 aromatic rings. The lowest BCUT2D eigenvalue weighted by Gasteiger charge is -2.27. The highest BCUT2D eigenvalue weighted by molar-refractivity contribution is 9.10. The van der Waals surface area contributed by atoms with Crippen LogP contribution in [0.5, 0.6) is 11.5 Å². The minimum atomic E-state index is -3.27. The molecule has 0 saturated carbocycles. The number of hydrogen-bond acceptors (Lipinski definition) is 5. The zero-order valence-electron chi connectivity index (χ0n) is 12.0. The van der Waals surface area contributed by atoms with Crippen LogP contribution >= 0.6 is 15.9 Å². The molecule has 2 unspecified atom stereocenters. The lowest BCUT2D eigenvalue weighted by Crippen LogP contribution is -2.34. The van der Waals surface area contributed by atoms with Crippen LogP contribution in [0.2, 0.25) is 0 Å². The van der Waals surface area contributed by atoms with Crippen molar-refractivity contribution in [1.29, 1.82) is 0 Å². The molecule has 5 nitrogen and oxygen atoms in total. The lowest BCUT2D eigenvalue weighted by atomic mass is 10.0. The molecule has 1 aliphatic rings. The first-order valence-electron chi connectivity index (χ1n) is 6.71. The van der Waals surface area contributed by atoms with Crippen LogP contribution < -0.4 is 9.47 Å². The molecule has 1 heterocycles. The zero-order chi connectivity index (χ0) is 15.6. The fourth-order valence-corrected chi connectivity index (χ4v) is 5.16. The Hall–Kier alpha value is -0.790. The minimum absolute atomic E-state index is 0.139. The van der Waals surface area contributed by atoms with Crippen molar-refractivity contribution in [2.75, 3.05) is 20.0 Å². The van der Waals surface area contributed by atoms with Crippen LogP contribution in [-0.4, -0.2) is 38.7 Å². The summed E-state index contributed by atoms with van der Waals surface area (Å²) in [6, 6.07) is 3.30. The molecular formula is C14H19BrO5S. The van der Waals surface area contributed by atoms with E-state index < -0.39 is 21.2 Å². The zero-order valence-corrected chi connectivity index (χ0v) is 14.4. The Morgan fingerprint density at radius 2 is 1.86 bits per heavy atom. The van der Waals surface area contributed by atoms with Gasteiger partial charge in [-0.25, -0.2) is 8.42 Å². The first-order chi connectivity index (χ1) is 9.90. The van der Waals surface area contributed by atoms with Gasteiger partial charge < -0.3 is 14.6 Å². The van der Waals surface area contributed by atoms with Gasteiger partial charge in [0.25, 0.3) is 0 Å². The van der Waals surface area contributed by atoms with E-state index >= 15 is 0 Å². The molecule has 21 heavy (non-hydrogen) atoms.